The van der Waals surface area contributed by atoms with E-state index >= 15 is 0 Å². The first kappa shape index (κ1) is 25.4. The molecule has 0 atom stereocenters. The molecule has 2 aromatic rings. The predicted molar refractivity (Wildman–Crippen MR) is 132 cm³/mol. The Balaban J connectivity index is 0.000000289. The normalized spacial score (nSPS) is 14.2. The summed E-state index contributed by atoms with van der Waals surface area (Å²) in [5.41, 5.74) is 2.76. The quantitative estimate of drug-likeness (QED) is 0.523. The van der Waals surface area contributed by atoms with E-state index in [1.54, 1.807) is 0 Å². The highest BCUT2D eigenvalue weighted by molar-refractivity contribution is 7.15. The highest BCUT2D eigenvalue weighted by Crippen LogP contribution is 2.34. The van der Waals surface area contributed by atoms with Gasteiger partial charge in [0.15, 0.2) is 0 Å². The minimum atomic E-state index is 0.898. The lowest BCUT2D eigenvalue weighted by atomic mass is 10.0. The van der Waals surface area contributed by atoms with Crippen LogP contribution in [0.4, 0.5) is 5.82 Å². The summed E-state index contributed by atoms with van der Waals surface area (Å²) in [6, 6.07) is 6.56. The highest BCUT2D eigenvalue weighted by atomic mass is 32.1. The van der Waals surface area contributed by atoms with Gasteiger partial charge >= 0.3 is 0 Å². The van der Waals surface area contributed by atoms with E-state index in [9.17, 15) is 0 Å². The average Bonchev–Trinajstić information content (AvgIpc) is 3.54. The van der Waals surface area contributed by atoms with Crippen molar-refractivity contribution < 1.29 is 0 Å². The summed E-state index contributed by atoms with van der Waals surface area (Å²) in [6.45, 7) is 14.1. The highest BCUT2D eigenvalue weighted by Gasteiger charge is 2.15. The van der Waals surface area contributed by atoms with Crippen molar-refractivity contribution in [1.29, 1.82) is 0 Å². The van der Waals surface area contributed by atoms with E-state index in [2.05, 4.69) is 54.2 Å². The van der Waals surface area contributed by atoms with Gasteiger partial charge in [-0.25, -0.2) is 4.98 Å². The molecule has 1 saturated carbocycles. The smallest absolute Gasteiger partial charge is 0.129 e. The van der Waals surface area contributed by atoms with E-state index in [0.717, 1.165) is 31.2 Å². The van der Waals surface area contributed by atoms with Gasteiger partial charge < -0.3 is 10.6 Å². The van der Waals surface area contributed by atoms with Gasteiger partial charge in [-0.2, -0.15) is 0 Å². The molecule has 0 spiro atoms. The molecular formula is C25H41N3S. The first-order valence-corrected chi connectivity index (χ1v) is 12.1. The number of pyridine rings is 1. The maximum Gasteiger partial charge on any atom is 0.129 e. The Morgan fingerprint density at radius 1 is 1.24 bits per heavy atom. The molecule has 4 heteroatoms. The number of fused-ring (bicyclic) bond motifs is 1. The van der Waals surface area contributed by atoms with Crippen molar-refractivity contribution in [1.82, 2.24) is 10.3 Å². The van der Waals surface area contributed by atoms with Crippen LogP contribution in [-0.4, -0.2) is 25.1 Å². The van der Waals surface area contributed by atoms with E-state index in [1.165, 1.54) is 53.0 Å². The molecule has 0 amide bonds. The van der Waals surface area contributed by atoms with E-state index in [4.69, 9.17) is 0 Å². The molecule has 29 heavy (non-hydrogen) atoms. The van der Waals surface area contributed by atoms with Crippen LogP contribution in [0, 0.1) is 12.8 Å². The zero-order valence-corrected chi connectivity index (χ0v) is 20.0. The molecule has 0 aromatic carbocycles. The van der Waals surface area contributed by atoms with E-state index < -0.39 is 0 Å². The number of nitrogens with zero attached hydrogens (tertiary/aromatic N) is 1. The van der Waals surface area contributed by atoms with Crippen molar-refractivity contribution in [3.8, 4) is 10.4 Å². The van der Waals surface area contributed by atoms with Gasteiger partial charge in [-0.3, -0.25) is 0 Å². The molecule has 4 rings (SSSR count). The summed E-state index contributed by atoms with van der Waals surface area (Å²) in [5.74, 6) is 1.99. The second kappa shape index (κ2) is 15.2. The Kier molecular flexibility index (Phi) is 13.3. The number of hydrogen-bond donors (Lipinski definition) is 2. The molecule has 3 heterocycles. The van der Waals surface area contributed by atoms with Crippen molar-refractivity contribution in [2.75, 3.05) is 25.5 Å². The Morgan fingerprint density at radius 2 is 2.00 bits per heavy atom. The molecule has 2 aromatic heterocycles. The van der Waals surface area contributed by atoms with Gasteiger partial charge in [-0.05, 0) is 83.2 Å². The fourth-order valence-electron chi connectivity index (χ4n) is 2.92. The van der Waals surface area contributed by atoms with Crippen LogP contribution in [0.15, 0.2) is 37.1 Å². The largest absolute Gasteiger partial charge is 0.370 e. The third kappa shape index (κ3) is 9.60. The van der Waals surface area contributed by atoms with E-state index in [-0.39, 0.29) is 0 Å². The van der Waals surface area contributed by atoms with E-state index in [1.807, 2.05) is 44.5 Å². The molecule has 3 nitrogen and oxygen atoms in total. The number of anilines is 1. The fraction of sp³-hybridized carbons (Fsp3) is 0.560. The minimum Gasteiger partial charge on any atom is -0.370 e. The zero-order chi connectivity index (χ0) is 21.5. The summed E-state index contributed by atoms with van der Waals surface area (Å²) in [5, 5.41) is 6.45. The van der Waals surface area contributed by atoms with Crippen molar-refractivity contribution in [3.63, 3.8) is 0 Å². The molecule has 162 valence electrons. The standard InChI is InChI=1S/C14H16N2S.C5H8.C4H11N.C2H6/c1-10-5-6-13(17-10)11-7-9-16-14-12(11)4-2-3-8-15-14;1-2-5-3-4-5;1-3-4-5-2;1-2/h5-7,9H,2-4,8H2,1H3,(H,15,16);2,5H,1,3-4H2;5H,3-4H2,1-2H3;1-2H3. The van der Waals surface area contributed by atoms with Crippen molar-refractivity contribution >= 4 is 17.2 Å². The molecule has 0 unspecified atom stereocenters. The van der Waals surface area contributed by atoms with Gasteiger partial charge in [0.05, 0.1) is 0 Å². The van der Waals surface area contributed by atoms with Crippen LogP contribution in [0.25, 0.3) is 10.4 Å². The lowest BCUT2D eigenvalue weighted by Crippen LogP contribution is -2.04. The van der Waals surface area contributed by atoms with Crippen molar-refractivity contribution in [2.45, 2.75) is 66.2 Å². The number of aryl methyl sites for hydroxylation is 1. The number of allylic oxidation sites excluding steroid dienone is 1. The monoisotopic (exact) mass is 415 g/mol. The Hall–Kier alpha value is -1.65. The summed E-state index contributed by atoms with van der Waals surface area (Å²) in [6.07, 6.45) is 11.6. The third-order valence-corrected chi connectivity index (χ3v) is 5.70. The summed E-state index contributed by atoms with van der Waals surface area (Å²) in [4.78, 5) is 7.20. The SMILES string of the molecule is C=CC1CC1.CC.CCCNC.Cc1ccc(-c2ccnc3c2CCCCN3)s1. The van der Waals surface area contributed by atoms with Gasteiger partial charge in [0.2, 0.25) is 0 Å². The summed E-state index contributed by atoms with van der Waals surface area (Å²) in [7, 11) is 1.96. The molecule has 1 aliphatic carbocycles. The summed E-state index contributed by atoms with van der Waals surface area (Å²) >= 11 is 1.86. The third-order valence-electron chi connectivity index (χ3n) is 4.66. The predicted octanol–water partition coefficient (Wildman–Crippen LogP) is 7.09. The maximum absolute atomic E-state index is 4.47. The molecule has 2 aliphatic rings. The number of hydrogen-bond acceptors (Lipinski definition) is 4. The Labute approximate surface area is 183 Å². The molecule has 1 aliphatic heterocycles. The number of aromatic nitrogens is 1. The maximum atomic E-state index is 4.47. The first-order chi connectivity index (χ1) is 14.2. The average molecular weight is 416 g/mol. The van der Waals surface area contributed by atoms with Crippen LogP contribution in [0.1, 0.15) is 63.3 Å². The lowest BCUT2D eigenvalue weighted by molar-refractivity contribution is 0.772. The second-order valence-corrected chi connectivity index (χ2v) is 8.44. The van der Waals surface area contributed by atoms with Crippen molar-refractivity contribution in [2.24, 2.45) is 5.92 Å². The van der Waals surface area contributed by atoms with Gasteiger partial charge in [0, 0.05) is 33.6 Å². The van der Waals surface area contributed by atoms with Crippen LogP contribution in [0.5, 0.6) is 0 Å². The van der Waals surface area contributed by atoms with Crippen LogP contribution in [0.2, 0.25) is 0 Å². The molecule has 2 N–H and O–H groups in total. The number of rotatable bonds is 4. The molecule has 0 bridgehead atoms. The number of thiophene rings is 1. The Bertz CT molecular complexity index is 687. The van der Waals surface area contributed by atoms with Crippen LogP contribution in [-0.2, 0) is 6.42 Å². The van der Waals surface area contributed by atoms with Crippen molar-refractivity contribution in [3.05, 3.63) is 47.5 Å². The first-order valence-electron chi connectivity index (χ1n) is 11.2. The molecule has 0 saturated heterocycles. The van der Waals surface area contributed by atoms with Gasteiger partial charge in [0.25, 0.3) is 0 Å². The zero-order valence-electron chi connectivity index (χ0n) is 19.2. The minimum absolute atomic E-state index is 0.898. The number of nitrogens with one attached hydrogen (secondary N) is 2. The van der Waals surface area contributed by atoms with Gasteiger partial charge in [-0.1, -0.05) is 26.8 Å². The van der Waals surface area contributed by atoms with E-state index in [0.29, 0.717) is 0 Å². The summed E-state index contributed by atoms with van der Waals surface area (Å²) < 4.78 is 0. The van der Waals surface area contributed by atoms with Crippen LogP contribution in [0.3, 0.4) is 0 Å². The molecule has 0 radical (unpaired) electrons. The molecule has 1 fully saturated rings. The van der Waals surface area contributed by atoms with Crippen LogP contribution < -0.4 is 10.6 Å². The van der Waals surface area contributed by atoms with Gasteiger partial charge in [0.1, 0.15) is 5.82 Å². The van der Waals surface area contributed by atoms with Gasteiger partial charge in [-0.15, -0.1) is 17.9 Å². The van der Waals surface area contributed by atoms with Crippen LogP contribution >= 0.6 is 11.3 Å². The Morgan fingerprint density at radius 3 is 2.48 bits per heavy atom. The fourth-order valence-corrected chi connectivity index (χ4v) is 3.84. The molecular weight excluding hydrogens is 374 g/mol. The topological polar surface area (TPSA) is 37.0 Å². The second-order valence-electron chi connectivity index (χ2n) is 7.16. The lowest BCUT2D eigenvalue weighted by Gasteiger charge is -2.10.